The fraction of sp³-hybridized carbons (Fsp3) is 0.682. The molecule has 0 fully saturated rings. The number of hydrogen-bond donors (Lipinski definition) is 3. The molecule has 1 amide bonds. The highest BCUT2D eigenvalue weighted by atomic mass is 16.3. The number of aliphatic hydroxyl groups is 2. The fourth-order valence-electron chi connectivity index (χ4n) is 3.43. The predicted octanol–water partition coefficient (Wildman–Crippen LogP) is 3.81. The molecule has 0 spiro atoms. The number of rotatable bonds is 16. The van der Waals surface area contributed by atoms with Crippen molar-refractivity contribution in [3.05, 3.63) is 30.3 Å². The Bertz CT molecular complexity index is 476. The third-order valence-corrected chi connectivity index (χ3v) is 4.91. The molecule has 0 heterocycles. The van der Waals surface area contributed by atoms with Gasteiger partial charge < -0.3 is 15.5 Å². The average Bonchev–Trinajstić information content (AvgIpc) is 2.67. The van der Waals surface area contributed by atoms with Gasteiger partial charge in [0.25, 0.3) is 0 Å². The zero-order valence-electron chi connectivity index (χ0n) is 16.9. The predicted molar refractivity (Wildman–Crippen MR) is 112 cm³/mol. The minimum atomic E-state index is -0.0185. The van der Waals surface area contributed by atoms with Crippen LogP contribution in [-0.4, -0.2) is 53.4 Å². The monoisotopic (exact) mass is 378 g/mol. The van der Waals surface area contributed by atoms with Gasteiger partial charge in [-0.1, -0.05) is 70.1 Å². The lowest BCUT2D eigenvalue weighted by molar-refractivity contribution is -0.117. The maximum atomic E-state index is 12.5. The Morgan fingerprint density at radius 3 is 2.15 bits per heavy atom. The van der Waals surface area contributed by atoms with Crippen molar-refractivity contribution in [3.63, 3.8) is 0 Å². The van der Waals surface area contributed by atoms with Gasteiger partial charge in [-0.3, -0.25) is 9.69 Å². The number of nitrogens with one attached hydrogen (secondary N) is 1. The largest absolute Gasteiger partial charge is 0.395 e. The molecule has 5 heteroatoms. The van der Waals surface area contributed by atoms with Crippen LogP contribution in [0.15, 0.2) is 30.3 Å². The number of amides is 1. The van der Waals surface area contributed by atoms with Gasteiger partial charge >= 0.3 is 0 Å². The van der Waals surface area contributed by atoms with E-state index in [0.29, 0.717) is 19.5 Å². The summed E-state index contributed by atoms with van der Waals surface area (Å²) in [7, 11) is 0. The van der Waals surface area contributed by atoms with Crippen molar-refractivity contribution < 1.29 is 15.0 Å². The second kappa shape index (κ2) is 15.6. The van der Waals surface area contributed by atoms with Crippen molar-refractivity contribution in [3.8, 4) is 0 Å². The highest BCUT2D eigenvalue weighted by Crippen LogP contribution is 2.17. The van der Waals surface area contributed by atoms with Crippen molar-refractivity contribution in [2.75, 3.05) is 31.6 Å². The number of hydrogen-bond acceptors (Lipinski definition) is 4. The molecule has 1 atom stereocenters. The molecule has 0 aliphatic heterocycles. The minimum absolute atomic E-state index is 0.0185. The summed E-state index contributed by atoms with van der Waals surface area (Å²) in [5, 5.41) is 21.6. The summed E-state index contributed by atoms with van der Waals surface area (Å²) in [6, 6.07) is 9.52. The van der Waals surface area contributed by atoms with Gasteiger partial charge in [-0.05, 0) is 18.6 Å². The van der Waals surface area contributed by atoms with Crippen LogP contribution >= 0.6 is 0 Å². The summed E-state index contributed by atoms with van der Waals surface area (Å²) in [6.07, 6.45) is 9.93. The zero-order chi connectivity index (χ0) is 19.7. The zero-order valence-corrected chi connectivity index (χ0v) is 16.9. The smallest absolute Gasteiger partial charge is 0.225 e. The summed E-state index contributed by atoms with van der Waals surface area (Å²) < 4.78 is 0. The molecule has 0 aromatic heterocycles. The highest BCUT2D eigenvalue weighted by molar-refractivity contribution is 5.91. The molecule has 1 aromatic rings. The number of unbranched alkanes of at least 4 members (excludes halogenated alkanes) is 6. The molecule has 0 saturated heterocycles. The Morgan fingerprint density at radius 2 is 1.56 bits per heavy atom. The topological polar surface area (TPSA) is 72.8 Å². The van der Waals surface area contributed by atoms with E-state index in [9.17, 15) is 15.0 Å². The van der Waals surface area contributed by atoms with Crippen LogP contribution in [0.1, 0.15) is 64.7 Å². The standard InChI is InChI=1S/C22H38N2O3/c1-2-3-4-5-6-7-11-14-21(24(15-17-25)16-18-26)19-22(27)23-20-12-9-8-10-13-20/h8-10,12-13,21,25-26H,2-7,11,14-19H2,1H3,(H,23,27). The maximum absolute atomic E-state index is 12.5. The average molecular weight is 379 g/mol. The van der Waals surface area contributed by atoms with Gasteiger partial charge in [0, 0.05) is 31.2 Å². The maximum Gasteiger partial charge on any atom is 0.225 e. The molecule has 0 bridgehead atoms. The quantitative estimate of drug-likeness (QED) is 0.383. The molecule has 1 rings (SSSR count). The Kier molecular flexibility index (Phi) is 13.7. The number of carbonyl (C=O) groups excluding carboxylic acids is 1. The van der Waals surface area contributed by atoms with E-state index >= 15 is 0 Å². The van der Waals surface area contributed by atoms with Gasteiger partial charge in [0.2, 0.25) is 5.91 Å². The molecule has 27 heavy (non-hydrogen) atoms. The lowest BCUT2D eigenvalue weighted by Gasteiger charge is -2.30. The van der Waals surface area contributed by atoms with Crippen LogP contribution in [0.2, 0.25) is 0 Å². The molecule has 1 unspecified atom stereocenters. The minimum Gasteiger partial charge on any atom is -0.395 e. The molecule has 0 aliphatic rings. The third-order valence-electron chi connectivity index (χ3n) is 4.91. The fourth-order valence-corrected chi connectivity index (χ4v) is 3.43. The first-order chi connectivity index (χ1) is 13.2. The Balaban J connectivity index is 2.51. The van der Waals surface area contributed by atoms with Crippen LogP contribution in [0.4, 0.5) is 5.69 Å². The first kappa shape index (κ1) is 23.6. The molecule has 0 saturated carbocycles. The van der Waals surface area contributed by atoms with Crippen LogP contribution in [-0.2, 0) is 4.79 Å². The van der Waals surface area contributed by atoms with E-state index in [1.165, 1.54) is 38.5 Å². The van der Waals surface area contributed by atoms with E-state index in [2.05, 4.69) is 12.2 Å². The molecule has 154 valence electrons. The lowest BCUT2D eigenvalue weighted by Crippen LogP contribution is -2.41. The van der Waals surface area contributed by atoms with E-state index in [4.69, 9.17) is 0 Å². The molecule has 5 nitrogen and oxygen atoms in total. The number of carbonyl (C=O) groups is 1. The van der Waals surface area contributed by atoms with Gasteiger partial charge in [0.05, 0.1) is 13.2 Å². The summed E-state index contributed by atoms with van der Waals surface area (Å²) in [4.78, 5) is 14.5. The summed E-state index contributed by atoms with van der Waals surface area (Å²) in [5.41, 5.74) is 0.799. The second-order valence-corrected chi connectivity index (χ2v) is 7.17. The Hall–Kier alpha value is -1.43. The normalized spacial score (nSPS) is 12.3. The molecule has 3 N–H and O–H groups in total. The van der Waals surface area contributed by atoms with Gasteiger partial charge in [-0.25, -0.2) is 0 Å². The van der Waals surface area contributed by atoms with Gasteiger partial charge in [0.15, 0.2) is 0 Å². The van der Waals surface area contributed by atoms with Gasteiger partial charge in [0.1, 0.15) is 0 Å². The van der Waals surface area contributed by atoms with Crippen molar-refractivity contribution in [2.45, 2.75) is 70.8 Å². The molecule has 1 aromatic carbocycles. The summed E-state index contributed by atoms with van der Waals surface area (Å²) in [5.74, 6) is -0.0185. The highest BCUT2D eigenvalue weighted by Gasteiger charge is 2.21. The SMILES string of the molecule is CCCCCCCCCC(CC(=O)Nc1ccccc1)N(CCO)CCO. The molecule has 0 aliphatic carbocycles. The van der Waals surface area contributed by atoms with E-state index < -0.39 is 0 Å². The van der Waals surface area contributed by atoms with E-state index in [1.54, 1.807) is 0 Å². The van der Waals surface area contributed by atoms with Crippen LogP contribution < -0.4 is 5.32 Å². The van der Waals surface area contributed by atoms with Crippen LogP contribution in [0, 0.1) is 0 Å². The Morgan fingerprint density at radius 1 is 0.963 bits per heavy atom. The number of aliphatic hydroxyl groups excluding tert-OH is 2. The van der Waals surface area contributed by atoms with Gasteiger partial charge in [-0.2, -0.15) is 0 Å². The third kappa shape index (κ3) is 11.1. The number of nitrogens with zero attached hydrogens (tertiary/aromatic N) is 1. The van der Waals surface area contributed by atoms with Crippen molar-refractivity contribution >= 4 is 11.6 Å². The molecule has 0 radical (unpaired) electrons. The first-order valence-electron chi connectivity index (χ1n) is 10.5. The van der Waals surface area contributed by atoms with E-state index in [1.807, 2.05) is 35.2 Å². The van der Waals surface area contributed by atoms with Crippen LogP contribution in [0.25, 0.3) is 0 Å². The number of para-hydroxylation sites is 1. The Labute approximate surface area is 164 Å². The molecular formula is C22H38N2O3. The van der Waals surface area contributed by atoms with Crippen LogP contribution in [0.3, 0.4) is 0 Å². The summed E-state index contributed by atoms with van der Waals surface area (Å²) in [6.45, 7) is 3.27. The van der Waals surface area contributed by atoms with E-state index in [0.717, 1.165) is 18.5 Å². The van der Waals surface area contributed by atoms with Crippen molar-refractivity contribution in [1.29, 1.82) is 0 Å². The van der Waals surface area contributed by atoms with Gasteiger partial charge in [-0.15, -0.1) is 0 Å². The van der Waals surface area contributed by atoms with E-state index in [-0.39, 0.29) is 25.2 Å². The van der Waals surface area contributed by atoms with Crippen molar-refractivity contribution in [1.82, 2.24) is 4.90 Å². The number of benzene rings is 1. The lowest BCUT2D eigenvalue weighted by atomic mass is 10.0. The molecular weight excluding hydrogens is 340 g/mol. The first-order valence-corrected chi connectivity index (χ1v) is 10.5. The van der Waals surface area contributed by atoms with Crippen LogP contribution in [0.5, 0.6) is 0 Å². The second-order valence-electron chi connectivity index (χ2n) is 7.17. The summed E-state index contributed by atoms with van der Waals surface area (Å²) >= 11 is 0. The van der Waals surface area contributed by atoms with Crippen molar-refractivity contribution in [2.24, 2.45) is 0 Å². The number of anilines is 1.